The van der Waals surface area contributed by atoms with Crippen LogP contribution in [0, 0.1) is 0 Å². The number of pyridine rings is 1. The minimum absolute atomic E-state index is 0.210. The molecule has 2 rings (SSSR count). The molecule has 118 valence electrons. The Morgan fingerprint density at radius 3 is 2.59 bits per heavy atom. The number of carbonyl (C=O) groups is 1. The predicted molar refractivity (Wildman–Crippen MR) is 68.2 cm³/mol. The number of hydrogen-bond donors (Lipinski definition) is 0. The summed E-state index contributed by atoms with van der Waals surface area (Å²) in [5, 5.41) is 0. The van der Waals surface area contributed by atoms with E-state index in [9.17, 15) is 22.4 Å². The van der Waals surface area contributed by atoms with Crippen LogP contribution in [0.2, 0.25) is 0 Å². The number of aromatic nitrogens is 1. The average molecular weight is 316 g/mol. The van der Waals surface area contributed by atoms with Crippen LogP contribution in [0.25, 0.3) is 0 Å². The smallest absolute Gasteiger partial charge is 0.383 e. The van der Waals surface area contributed by atoms with Gasteiger partial charge in [-0.25, -0.2) is 8.78 Å². The molecule has 4 nitrogen and oxygen atoms in total. The molecule has 0 N–H and O–H groups in total. The highest BCUT2D eigenvalue weighted by Gasteiger charge is 2.51. The van der Waals surface area contributed by atoms with Gasteiger partial charge in [0.15, 0.2) is 0 Å². The maximum Gasteiger partial charge on any atom is 0.383 e. The van der Waals surface area contributed by atoms with Crippen molar-refractivity contribution >= 4 is 5.91 Å². The zero-order chi connectivity index (χ0) is 16.2. The molecule has 0 atom stereocenters. The summed E-state index contributed by atoms with van der Waals surface area (Å²) in [6, 6.07) is 6.07. The van der Waals surface area contributed by atoms with E-state index in [1.54, 1.807) is 12.1 Å². The van der Waals surface area contributed by atoms with Crippen molar-refractivity contribution in [3.05, 3.63) is 54.2 Å². The molecule has 0 aliphatic heterocycles. The van der Waals surface area contributed by atoms with E-state index >= 15 is 0 Å². The molecule has 0 unspecified atom stereocenters. The van der Waals surface area contributed by atoms with E-state index in [2.05, 4.69) is 4.98 Å². The van der Waals surface area contributed by atoms with Gasteiger partial charge in [-0.05, 0) is 23.8 Å². The average Bonchev–Trinajstić information content (AvgIpc) is 2.99. The standard InChI is InChI=1S/C14H12F4N2O2/c15-12(16)14(17,18)13(21)20(9-11-4-2-6-22-11)8-10-3-1-5-19-7-10/h1-7,12H,8-9H2. The van der Waals surface area contributed by atoms with Gasteiger partial charge in [-0.3, -0.25) is 9.78 Å². The summed E-state index contributed by atoms with van der Waals surface area (Å²) in [5.41, 5.74) is 0.437. The first-order chi connectivity index (χ1) is 10.4. The number of hydrogen-bond acceptors (Lipinski definition) is 3. The number of carbonyl (C=O) groups excluding carboxylic acids is 1. The lowest BCUT2D eigenvalue weighted by Crippen LogP contribution is -2.47. The first-order valence-electron chi connectivity index (χ1n) is 6.28. The zero-order valence-electron chi connectivity index (χ0n) is 11.3. The van der Waals surface area contributed by atoms with Gasteiger partial charge in [0.2, 0.25) is 0 Å². The van der Waals surface area contributed by atoms with Crippen molar-refractivity contribution in [2.45, 2.75) is 25.4 Å². The van der Waals surface area contributed by atoms with Crippen LogP contribution in [0.1, 0.15) is 11.3 Å². The molecule has 22 heavy (non-hydrogen) atoms. The molecule has 0 saturated carbocycles. The van der Waals surface area contributed by atoms with Gasteiger partial charge in [-0.15, -0.1) is 0 Å². The summed E-state index contributed by atoms with van der Waals surface area (Å²) in [5.74, 6) is -6.50. The van der Waals surface area contributed by atoms with Gasteiger partial charge in [0, 0.05) is 18.9 Å². The summed E-state index contributed by atoms with van der Waals surface area (Å²) in [6.07, 6.45) is 0.0552. The lowest BCUT2D eigenvalue weighted by atomic mass is 10.2. The fraction of sp³-hybridized carbons (Fsp3) is 0.286. The van der Waals surface area contributed by atoms with Gasteiger partial charge < -0.3 is 9.32 Å². The Bertz CT molecular complexity index is 603. The molecule has 0 radical (unpaired) electrons. The summed E-state index contributed by atoms with van der Waals surface area (Å²) >= 11 is 0. The minimum Gasteiger partial charge on any atom is -0.467 e. The molecule has 2 aromatic heterocycles. The van der Waals surface area contributed by atoms with Crippen LogP contribution in [0.15, 0.2) is 47.3 Å². The summed E-state index contributed by atoms with van der Waals surface area (Å²) in [6.45, 7) is -0.626. The number of halogens is 4. The molecular weight excluding hydrogens is 304 g/mol. The number of furan rings is 1. The Labute approximate surface area is 123 Å². The predicted octanol–water partition coefficient (Wildman–Crippen LogP) is 3.10. The molecule has 0 spiro atoms. The van der Waals surface area contributed by atoms with Crippen molar-refractivity contribution in [2.75, 3.05) is 0 Å². The zero-order valence-corrected chi connectivity index (χ0v) is 11.3. The summed E-state index contributed by atoms with van der Waals surface area (Å²) in [7, 11) is 0. The Kier molecular flexibility index (Phi) is 4.79. The lowest BCUT2D eigenvalue weighted by Gasteiger charge is -2.26. The number of alkyl halides is 4. The third kappa shape index (κ3) is 3.63. The van der Waals surface area contributed by atoms with Gasteiger partial charge in [-0.1, -0.05) is 6.07 Å². The second kappa shape index (κ2) is 6.59. The Morgan fingerprint density at radius 1 is 1.27 bits per heavy atom. The van der Waals surface area contributed by atoms with E-state index < -0.39 is 18.3 Å². The molecule has 1 amide bonds. The first-order valence-corrected chi connectivity index (χ1v) is 6.28. The summed E-state index contributed by atoms with van der Waals surface area (Å²) in [4.78, 5) is 16.2. The van der Waals surface area contributed by atoms with Crippen molar-refractivity contribution in [2.24, 2.45) is 0 Å². The highest BCUT2D eigenvalue weighted by molar-refractivity contribution is 5.84. The normalized spacial score (nSPS) is 11.7. The largest absolute Gasteiger partial charge is 0.467 e. The van der Waals surface area contributed by atoms with Gasteiger partial charge in [0.1, 0.15) is 5.76 Å². The molecule has 0 bridgehead atoms. The van der Waals surface area contributed by atoms with Gasteiger partial charge in [-0.2, -0.15) is 8.78 Å². The Morgan fingerprint density at radius 2 is 2.05 bits per heavy atom. The highest BCUT2D eigenvalue weighted by Crippen LogP contribution is 2.27. The van der Waals surface area contributed by atoms with Crippen LogP contribution in [0.3, 0.4) is 0 Å². The second-order valence-corrected chi connectivity index (χ2v) is 4.53. The van der Waals surface area contributed by atoms with Crippen molar-refractivity contribution in [1.29, 1.82) is 0 Å². The van der Waals surface area contributed by atoms with Crippen LogP contribution in [-0.4, -0.2) is 28.1 Å². The maximum absolute atomic E-state index is 13.3. The third-order valence-electron chi connectivity index (χ3n) is 2.87. The maximum atomic E-state index is 13.3. The van der Waals surface area contributed by atoms with E-state index in [1.165, 1.54) is 30.8 Å². The van der Waals surface area contributed by atoms with Crippen LogP contribution in [-0.2, 0) is 17.9 Å². The van der Waals surface area contributed by atoms with Crippen LogP contribution in [0.5, 0.6) is 0 Å². The van der Waals surface area contributed by atoms with Crippen molar-refractivity contribution in [3.63, 3.8) is 0 Å². The molecule has 0 saturated heterocycles. The molecule has 0 fully saturated rings. The molecule has 2 aromatic rings. The molecule has 2 heterocycles. The number of amides is 1. The highest BCUT2D eigenvalue weighted by atomic mass is 19.3. The molecule has 0 aromatic carbocycles. The second-order valence-electron chi connectivity index (χ2n) is 4.53. The molecule has 8 heteroatoms. The van der Waals surface area contributed by atoms with Gasteiger partial charge >= 0.3 is 12.3 Å². The van der Waals surface area contributed by atoms with E-state index in [0.717, 1.165) is 0 Å². The van der Waals surface area contributed by atoms with E-state index in [1.807, 2.05) is 0 Å². The SMILES string of the molecule is O=C(N(Cc1cccnc1)Cc1ccco1)C(F)(F)C(F)F. The lowest BCUT2D eigenvalue weighted by molar-refractivity contribution is -0.182. The monoisotopic (exact) mass is 316 g/mol. The quantitative estimate of drug-likeness (QED) is 0.769. The van der Waals surface area contributed by atoms with Crippen molar-refractivity contribution in [1.82, 2.24) is 9.88 Å². The fourth-order valence-corrected chi connectivity index (χ4v) is 1.81. The van der Waals surface area contributed by atoms with Crippen LogP contribution < -0.4 is 0 Å². The Balaban J connectivity index is 2.23. The first kappa shape index (κ1) is 16.0. The van der Waals surface area contributed by atoms with E-state index in [0.29, 0.717) is 10.5 Å². The van der Waals surface area contributed by atoms with Gasteiger partial charge in [0.25, 0.3) is 5.91 Å². The Hall–Kier alpha value is -2.38. The molecule has 0 aliphatic rings. The van der Waals surface area contributed by atoms with Crippen LogP contribution in [0.4, 0.5) is 17.6 Å². The third-order valence-corrected chi connectivity index (χ3v) is 2.87. The van der Waals surface area contributed by atoms with E-state index in [4.69, 9.17) is 4.42 Å². The van der Waals surface area contributed by atoms with Crippen molar-refractivity contribution in [3.8, 4) is 0 Å². The molecular formula is C14H12F4N2O2. The van der Waals surface area contributed by atoms with Crippen molar-refractivity contribution < 1.29 is 26.8 Å². The number of rotatable bonds is 6. The molecule has 0 aliphatic carbocycles. The van der Waals surface area contributed by atoms with E-state index in [-0.39, 0.29) is 18.8 Å². The summed E-state index contributed by atoms with van der Waals surface area (Å²) < 4.78 is 56.5. The number of nitrogens with zero attached hydrogens (tertiary/aromatic N) is 2. The minimum atomic E-state index is -4.76. The fourth-order valence-electron chi connectivity index (χ4n) is 1.81. The van der Waals surface area contributed by atoms with Crippen LogP contribution >= 0.6 is 0 Å². The van der Waals surface area contributed by atoms with Gasteiger partial charge in [0.05, 0.1) is 12.8 Å². The topological polar surface area (TPSA) is 46.3 Å².